The van der Waals surface area contributed by atoms with Crippen molar-refractivity contribution in [1.29, 1.82) is 0 Å². The van der Waals surface area contributed by atoms with E-state index >= 15 is 0 Å². The molecule has 1 aromatic rings. The molecular weight excluding hydrogens is 228 g/mol. The quantitative estimate of drug-likeness (QED) is 0.717. The minimum absolute atomic E-state index is 0.228. The number of unbranched alkanes of at least 4 members (excludes halogenated alkanes) is 2. The molecule has 0 spiro atoms. The molecule has 0 saturated carbocycles. The lowest BCUT2D eigenvalue weighted by Gasteiger charge is -2.07. The van der Waals surface area contributed by atoms with Gasteiger partial charge in [-0.05, 0) is 19.3 Å². The van der Waals surface area contributed by atoms with Crippen LogP contribution in [0.1, 0.15) is 19.3 Å². The van der Waals surface area contributed by atoms with Crippen LogP contribution >= 0.6 is 11.6 Å². The molecular formula is C10H17ClN4O. The van der Waals surface area contributed by atoms with Gasteiger partial charge in [0.25, 0.3) is 0 Å². The molecule has 0 bridgehead atoms. The summed E-state index contributed by atoms with van der Waals surface area (Å²) in [5, 5.41) is 3.62. The monoisotopic (exact) mass is 244 g/mol. The zero-order chi connectivity index (χ0) is 11.8. The van der Waals surface area contributed by atoms with E-state index in [0.29, 0.717) is 10.8 Å². The van der Waals surface area contributed by atoms with Crippen LogP contribution in [0.4, 0.5) is 11.8 Å². The third-order valence-electron chi connectivity index (χ3n) is 2.08. The van der Waals surface area contributed by atoms with Crippen molar-refractivity contribution in [3.63, 3.8) is 0 Å². The standard InChI is InChI=1S/C10H17ClN4O/c1-16-6-4-2-3-5-13-9-8(11)7-14-10(12)15-9/h7H,2-6H2,1H3,(H3,12,13,14,15). The number of rotatable bonds is 7. The van der Waals surface area contributed by atoms with Crippen LogP contribution < -0.4 is 11.1 Å². The Kier molecular flexibility index (Phi) is 5.88. The summed E-state index contributed by atoms with van der Waals surface area (Å²) < 4.78 is 4.96. The Labute approximate surface area is 100 Å². The average Bonchev–Trinajstić information content (AvgIpc) is 2.28. The van der Waals surface area contributed by atoms with Gasteiger partial charge in [-0.1, -0.05) is 11.6 Å². The van der Waals surface area contributed by atoms with E-state index in [1.165, 1.54) is 6.20 Å². The predicted octanol–water partition coefficient (Wildman–Crippen LogP) is 1.94. The first-order chi connectivity index (χ1) is 7.74. The molecule has 90 valence electrons. The minimum Gasteiger partial charge on any atom is -0.385 e. The summed E-state index contributed by atoms with van der Waals surface area (Å²) >= 11 is 5.90. The Hall–Kier alpha value is -1.07. The summed E-state index contributed by atoms with van der Waals surface area (Å²) in [6.45, 7) is 1.63. The molecule has 0 aromatic carbocycles. The number of anilines is 2. The van der Waals surface area contributed by atoms with Crippen LogP contribution in [0.15, 0.2) is 6.20 Å². The molecule has 1 rings (SSSR count). The molecule has 6 heteroatoms. The molecule has 3 N–H and O–H groups in total. The third-order valence-corrected chi connectivity index (χ3v) is 2.36. The predicted molar refractivity (Wildman–Crippen MR) is 65.7 cm³/mol. The first kappa shape index (κ1) is 13.0. The molecule has 0 atom stereocenters. The van der Waals surface area contributed by atoms with Gasteiger partial charge in [-0.25, -0.2) is 4.98 Å². The molecule has 0 fully saturated rings. The first-order valence-corrected chi connectivity index (χ1v) is 5.62. The molecule has 5 nitrogen and oxygen atoms in total. The molecule has 0 aliphatic heterocycles. The van der Waals surface area contributed by atoms with Crippen LogP contribution in [0.5, 0.6) is 0 Å². The van der Waals surface area contributed by atoms with Crippen LogP contribution in [0, 0.1) is 0 Å². The zero-order valence-electron chi connectivity index (χ0n) is 9.37. The van der Waals surface area contributed by atoms with Crippen LogP contribution in [0.2, 0.25) is 5.02 Å². The van der Waals surface area contributed by atoms with Gasteiger partial charge in [0.15, 0.2) is 0 Å². The molecule has 16 heavy (non-hydrogen) atoms. The number of hydrogen-bond donors (Lipinski definition) is 2. The van der Waals surface area contributed by atoms with Crippen molar-refractivity contribution < 1.29 is 4.74 Å². The van der Waals surface area contributed by atoms with Crippen molar-refractivity contribution in [2.24, 2.45) is 0 Å². The summed E-state index contributed by atoms with van der Waals surface area (Å²) in [5.74, 6) is 0.826. The summed E-state index contributed by atoms with van der Waals surface area (Å²) in [4.78, 5) is 7.79. The average molecular weight is 245 g/mol. The van der Waals surface area contributed by atoms with Crippen LogP contribution in [0.3, 0.4) is 0 Å². The van der Waals surface area contributed by atoms with E-state index in [-0.39, 0.29) is 5.95 Å². The van der Waals surface area contributed by atoms with Crippen molar-refractivity contribution in [1.82, 2.24) is 9.97 Å². The number of halogens is 1. The number of nitrogen functional groups attached to an aromatic ring is 1. The van der Waals surface area contributed by atoms with E-state index in [0.717, 1.165) is 32.4 Å². The van der Waals surface area contributed by atoms with Crippen LogP contribution in [-0.4, -0.2) is 30.2 Å². The lowest BCUT2D eigenvalue weighted by atomic mass is 10.2. The van der Waals surface area contributed by atoms with Gasteiger partial charge in [-0.3, -0.25) is 0 Å². The van der Waals surface area contributed by atoms with Crippen molar-refractivity contribution in [2.75, 3.05) is 31.3 Å². The van der Waals surface area contributed by atoms with Crippen LogP contribution in [-0.2, 0) is 4.74 Å². The van der Waals surface area contributed by atoms with Gasteiger partial charge < -0.3 is 15.8 Å². The summed E-state index contributed by atoms with van der Waals surface area (Å²) in [6, 6.07) is 0. The normalized spacial score (nSPS) is 10.4. The van der Waals surface area contributed by atoms with Crippen molar-refractivity contribution >= 4 is 23.4 Å². The van der Waals surface area contributed by atoms with Crippen LogP contribution in [0.25, 0.3) is 0 Å². The fourth-order valence-electron chi connectivity index (χ4n) is 1.26. The van der Waals surface area contributed by atoms with Gasteiger partial charge >= 0.3 is 0 Å². The second-order valence-electron chi connectivity index (χ2n) is 3.40. The molecule has 0 unspecified atom stereocenters. The second kappa shape index (κ2) is 7.24. The molecule has 0 amide bonds. The molecule has 0 aliphatic rings. The highest BCUT2D eigenvalue weighted by Gasteiger charge is 2.02. The van der Waals surface area contributed by atoms with Gasteiger partial charge in [0.1, 0.15) is 10.8 Å². The highest BCUT2D eigenvalue weighted by molar-refractivity contribution is 6.32. The van der Waals surface area contributed by atoms with E-state index in [1.807, 2.05) is 0 Å². The fourth-order valence-corrected chi connectivity index (χ4v) is 1.42. The lowest BCUT2D eigenvalue weighted by Crippen LogP contribution is -2.06. The van der Waals surface area contributed by atoms with E-state index in [2.05, 4.69) is 15.3 Å². The van der Waals surface area contributed by atoms with Gasteiger partial charge in [0, 0.05) is 20.3 Å². The summed E-state index contributed by atoms with van der Waals surface area (Å²) in [7, 11) is 1.71. The first-order valence-electron chi connectivity index (χ1n) is 5.25. The number of nitrogens with two attached hydrogens (primary N) is 1. The molecule has 1 aromatic heterocycles. The lowest BCUT2D eigenvalue weighted by molar-refractivity contribution is 0.192. The molecule has 0 radical (unpaired) electrons. The maximum absolute atomic E-state index is 5.90. The fraction of sp³-hybridized carbons (Fsp3) is 0.600. The number of methoxy groups -OCH3 is 1. The summed E-state index contributed by atoms with van der Waals surface area (Å²) in [5.41, 5.74) is 5.46. The van der Waals surface area contributed by atoms with Gasteiger partial charge in [0.05, 0.1) is 6.20 Å². The maximum Gasteiger partial charge on any atom is 0.222 e. The molecule has 0 aliphatic carbocycles. The molecule has 1 heterocycles. The number of aromatic nitrogens is 2. The Balaban J connectivity index is 2.23. The van der Waals surface area contributed by atoms with E-state index in [9.17, 15) is 0 Å². The largest absolute Gasteiger partial charge is 0.385 e. The van der Waals surface area contributed by atoms with Crippen molar-refractivity contribution in [2.45, 2.75) is 19.3 Å². The highest BCUT2D eigenvalue weighted by Crippen LogP contribution is 2.18. The zero-order valence-corrected chi connectivity index (χ0v) is 10.1. The topological polar surface area (TPSA) is 73.1 Å². The number of ether oxygens (including phenoxy) is 1. The van der Waals surface area contributed by atoms with Gasteiger partial charge in [-0.15, -0.1) is 0 Å². The Morgan fingerprint density at radius 2 is 2.25 bits per heavy atom. The third kappa shape index (κ3) is 4.63. The van der Waals surface area contributed by atoms with E-state index in [1.54, 1.807) is 7.11 Å². The minimum atomic E-state index is 0.228. The highest BCUT2D eigenvalue weighted by atomic mass is 35.5. The molecule has 0 saturated heterocycles. The smallest absolute Gasteiger partial charge is 0.222 e. The van der Waals surface area contributed by atoms with Crippen molar-refractivity contribution in [3.8, 4) is 0 Å². The summed E-state index contributed by atoms with van der Waals surface area (Å²) in [6.07, 6.45) is 4.72. The SMILES string of the molecule is COCCCCCNc1nc(N)ncc1Cl. The van der Waals surface area contributed by atoms with Crippen molar-refractivity contribution in [3.05, 3.63) is 11.2 Å². The maximum atomic E-state index is 5.90. The number of nitrogens with zero attached hydrogens (tertiary/aromatic N) is 2. The Morgan fingerprint density at radius 1 is 1.44 bits per heavy atom. The van der Waals surface area contributed by atoms with Gasteiger partial charge in [-0.2, -0.15) is 4.98 Å². The Morgan fingerprint density at radius 3 is 3.00 bits per heavy atom. The van der Waals surface area contributed by atoms with Gasteiger partial charge in [0.2, 0.25) is 5.95 Å². The van der Waals surface area contributed by atoms with E-state index in [4.69, 9.17) is 22.1 Å². The Bertz CT molecular complexity index is 322. The number of hydrogen-bond acceptors (Lipinski definition) is 5. The second-order valence-corrected chi connectivity index (χ2v) is 3.81. The number of nitrogens with one attached hydrogen (secondary N) is 1. The van der Waals surface area contributed by atoms with E-state index < -0.39 is 0 Å².